The van der Waals surface area contributed by atoms with E-state index in [1.54, 1.807) is 36.3 Å². The minimum atomic E-state index is -2.27. The van der Waals surface area contributed by atoms with Crippen molar-refractivity contribution < 1.29 is 37.8 Å². The van der Waals surface area contributed by atoms with Crippen molar-refractivity contribution in [1.82, 2.24) is 0 Å². The second kappa shape index (κ2) is 9.96. The van der Waals surface area contributed by atoms with Gasteiger partial charge in [-0.3, -0.25) is 24.3 Å². The van der Waals surface area contributed by atoms with Crippen LogP contribution < -0.4 is 5.06 Å². The molecule has 1 N–H and O–H groups in total. The van der Waals surface area contributed by atoms with E-state index in [9.17, 15) is 19.5 Å². The topological polar surface area (TPSA) is 93.1 Å². The van der Waals surface area contributed by atoms with E-state index in [0.29, 0.717) is 30.1 Å². The summed E-state index contributed by atoms with van der Waals surface area (Å²) in [6, 6.07) is 6.95. The Balaban J connectivity index is 1.42. The number of rotatable bonds is 6. The van der Waals surface area contributed by atoms with Crippen molar-refractivity contribution in [3.05, 3.63) is 53.1 Å². The van der Waals surface area contributed by atoms with E-state index in [1.807, 2.05) is 13.8 Å². The number of hydroxylamine groups is 1. The minimum absolute atomic E-state index is 0.0494. The molecule has 226 valence electrons. The summed E-state index contributed by atoms with van der Waals surface area (Å²) in [5, 5.41) is 13.9. The van der Waals surface area contributed by atoms with Crippen LogP contribution in [0.5, 0.6) is 0 Å². The number of aliphatic hydroxyl groups excluding tert-OH is 1. The van der Waals surface area contributed by atoms with Gasteiger partial charge in [-0.05, 0) is 80.5 Å². The Morgan fingerprint density at radius 2 is 1.90 bits per heavy atom. The van der Waals surface area contributed by atoms with E-state index in [0.717, 1.165) is 6.08 Å². The average Bonchev–Trinajstić information content (AvgIpc) is 3.44. The molecule has 4 aliphatic carbocycles. The average molecular weight is 604 g/mol. The number of alkyl halides is 2. The standard InChI is InChI=1S/C32H36ClF2NO6/c1-4-5-28(40)41-17-27(39)32-18(16-36(42-32)20-8-6-19(33)7-9-20)12-22-23-14-25(34)24-13-21(37)10-11-29(24,2)31(23,35)26(38)15-30(22,32)3/h6-11,13,18,22-23,25-26,38H,4-5,12,14-17H2,1-3H3/t18-,22-,23-,25-,26-,29-,30-,31-,32-/m0/s1. The van der Waals surface area contributed by atoms with Crippen LogP contribution in [0.4, 0.5) is 14.5 Å². The molecule has 1 aromatic carbocycles. The van der Waals surface area contributed by atoms with Gasteiger partial charge in [0.25, 0.3) is 0 Å². The summed E-state index contributed by atoms with van der Waals surface area (Å²) in [6.07, 6.45) is 1.36. The number of ether oxygens (including phenoxy) is 1. The Hall–Kier alpha value is -2.62. The first kappa shape index (κ1) is 29.5. The highest BCUT2D eigenvalue weighted by Gasteiger charge is 2.79. The van der Waals surface area contributed by atoms with E-state index < -0.39 is 76.3 Å². The minimum Gasteiger partial charge on any atom is -0.458 e. The second-order valence-corrected chi connectivity index (χ2v) is 13.4. The molecule has 4 fully saturated rings. The number of hydrogen-bond acceptors (Lipinski definition) is 7. The quantitative estimate of drug-likeness (QED) is 0.442. The van der Waals surface area contributed by atoms with Crippen molar-refractivity contribution in [3.63, 3.8) is 0 Å². The molecule has 3 saturated carbocycles. The van der Waals surface area contributed by atoms with Gasteiger partial charge in [0.2, 0.25) is 5.78 Å². The van der Waals surface area contributed by atoms with Gasteiger partial charge >= 0.3 is 5.97 Å². The van der Waals surface area contributed by atoms with Crippen molar-refractivity contribution in [2.24, 2.45) is 28.6 Å². The van der Waals surface area contributed by atoms with Crippen LogP contribution in [0.1, 0.15) is 52.9 Å². The van der Waals surface area contributed by atoms with Crippen LogP contribution in [0, 0.1) is 28.6 Å². The van der Waals surface area contributed by atoms with E-state index in [4.69, 9.17) is 21.2 Å². The molecule has 0 radical (unpaired) electrons. The van der Waals surface area contributed by atoms with Gasteiger partial charge in [-0.25, -0.2) is 8.78 Å². The number of hydrogen-bond donors (Lipinski definition) is 1. The number of carbonyl (C=O) groups is 3. The molecule has 10 heteroatoms. The SMILES string of the molecule is CCCC(=O)OCC(=O)[C@@]12ON(c3ccc(Cl)cc3)C[C@@H]1C[C@H]1[C@@H]3C[C@H](F)C4=CC(=O)C=C[C@]4(C)[C@@]3(F)[C@@H](O)C[C@@]12C. The Labute approximate surface area is 248 Å². The molecule has 0 spiro atoms. The highest BCUT2D eigenvalue weighted by atomic mass is 35.5. The zero-order valence-electron chi connectivity index (χ0n) is 23.9. The zero-order chi connectivity index (χ0) is 30.2. The zero-order valence-corrected chi connectivity index (χ0v) is 24.7. The van der Waals surface area contributed by atoms with Crippen molar-refractivity contribution in [2.75, 3.05) is 18.2 Å². The maximum Gasteiger partial charge on any atom is 0.306 e. The van der Waals surface area contributed by atoms with Gasteiger partial charge in [0.1, 0.15) is 6.17 Å². The lowest BCUT2D eigenvalue weighted by Crippen LogP contribution is -2.70. The predicted molar refractivity (Wildman–Crippen MR) is 151 cm³/mol. The number of esters is 1. The number of fused-ring (bicyclic) bond motifs is 7. The van der Waals surface area contributed by atoms with Gasteiger partial charge in [0, 0.05) is 34.1 Å². The summed E-state index contributed by atoms with van der Waals surface area (Å²) < 4.78 is 38.8. The van der Waals surface area contributed by atoms with Crippen LogP contribution in [0.2, 0.25) is 5.02 Å². The molecule has 42 heavy (non-hydrogen) atoms. The molecule has 9 atom stereocenters. The fourth-order valence-corrected chi connectivity index (χ4v) is 9.16. The Kier molecular flexibility index (Phi) is 6.98. The van der Waals surface area contributed by atoms with Crippen molar-refractivity contribution in [2.45, 2.75) is 76.4 Å². The lowest BCUT2D eigenvalue weighted by molar-refractivity contribution is -0.228. The highest BCUT2D eigenvalue weighted by molar-refractivity contribution is 6.30. The van der Waals surface area contributed by atoms with E-state index in [2.05, 4.69) is 0 Å². The largest absolute Gasteiger partial charge is 0.458 e. The number of nitrogens with zero attached hydrogens (tertiary/aromatic N) is 1. The van der Waals surface area contributed by atoms with Gasteiger partial charge < -0.3 is 9.84 Å². The third-order valence-electron chi connectivity index (χ3n) is 11.0. The molecular formula is C32H36ClF2NO6. The number of anilines is 1. The van der Waals surface area contributed by atoms with Gasteiger partial charge in [0.05, 0.1) is 18.3 Å². The number of halogens is 3. The molecule has 0 unspecified atom stereocenters. The maximum atomic E-state index is 17.6. The van der Waals surface area contributed by atoms with Crippen LogP contribution in [0.25, 0.3) is 0 Å². The lowest BCUT2D eigenvalue weighted by Gasteiger charge is -2.63. The molecule has 1 aromatic rings. The summed E-state index contributed by atoms with van der Waals surface area (Å²) in [6.45, 7) is 4.97. The molecule has 0 amide bonds. The molecule has 0 aromatic heterocycles. The summed E-state index contributed by atoms with van der Waals surface area (Å²) in [4.78, 5) is 45.2. The summed E-state index contributed by atoms with van der Waals surface area (Å²) in [5.74, 6) is -3.29. The summed E-state index contributed by atoms with van der Waals surface area (Å²) >= 11 is 6.09. The fraction of sp³-hybridized carbons (Fsp3) is 0.594. The molecule has 0 bridgehead atoms. The molecular weight excluding hydrogens is 568 g/mol. The van der Waals surface area contributed by atoms with Gasteiger partial charge in [-0.15, -0.1) is 0 Å². The van der Waals surface area contributed by atoms with Crippen molar-refractivity contribution >= 4 is 34.8 Å². The number of aliphatic hydroxyl groups is 1. The number of benzene rings is 1. The maximum absolute atomic E-state index is 17.6. The van der Waals surface area contributed by atoms with Crippen molar-refractivity contribution in [1.29, 1.82) is 0 Å². The molecule has 1 heterocycles. The Morgan fingerprint density at radius 1 is 1.19 bits per heavy atom. The smallest absolute Gasteiger partial charge is 0.306 e. The Morgan fingerprint density at radius 3 is 2.60 bits per heavy atom. The molecule has 6 rings (SSSR count). The summed E-state index contributed by atoms with van der Waals surface area (Å²) in [7, 11) is 0. The number of carbonyl (C=O) groups excluding carboxylic acids is 3. The van der Waals surface area contributed by atoms with E-state index in [-0.39, 0.29) is 24.8 Å². The predicted octanol–water partition coefficient (Wildman–Crippen LogP) is 5.29. The second-order valence-electron chi connectivity index (χ2n) is 13.0. The monoisotopic (exact) mass is 603 g/mol. The van der Waals surface area contributed by atoms with Gasteiger partial charge in [0.15, 0.2) is 23.7 Å². The van der Waals surface area contributed by atoms with E-state index >= 15 is 8.78 Å². The fourth-order valence-electron chi connectivity index (χ4n) is 9.04. The normalized spacial score (nSPS) is 41.9. The molecule has 1 saturated heterocycles. The van der Waals surface area contributed by atoms with Crippen LogP contribution >= 0.6 is 11.6 Å². The van der Waals surface area contributed by atoms with Crippen LogP contribution in [0.15, 0.2) is 48.1 Å². The number of allylic oxidation sites excluding steroid dienone is 4. The Bertz CT molecular complexity index is 1380. The summed E-state index contributed by atoms with van der Waals surface area (Å²) in [5.41, 5.74) is -5.74. The molecule has 7 nitrogen and oxygen atoms in total. The first-order valence-corrected chi connectivity index (χ1v) is 15.1. The third kappa shape index (κ3) is 3.85. The van der Waals surface area contributed by atoms with Crippen LogP contribution in [-0.4, -0.2) is 59.3 Å². The van der Waals surface area contributed by atoms with Crippen molar-refractivity contribution in [3.8, 4) is 0 Å². The van der Waals surface area contributed by atoms with Crippen LogP contribution in [-0.2, 0) is 24.0 Å². The highest BCUT2D eigenvalue weighted by Crippen LogP contribution is 2.72. The van der Waals surface area contributed by atoms with Crippen LogP contribution in [0.3, 0.4) is 0 Å². The third-order valence-corrected chi connectivity index (χ3v) is 11.2. The number of ketones is 2. The first-order chi connectivity index (χ1) is 19.8. The van der Waals surface area contributed by atoms with E-state index in [1.165, 1.54) is 12.2 Å². The lowest BCUT2D eigenvalue weighted by atomic mass is 9.44. The van der Waals surface area contributed by atoms with Gasteiger partial charge in [-0.2, -0.15) is 0 Å². The van der Waals surface area contributed by atoms with Gasteiger partial charge in [-0.1, -0.05) is 31.5 Å². The number of Topliss-reactive ketones (excluding diaryl/α,β-unsaturated/α-hetero) is 1. The molecule has 5 aliphatic rings. The first-order valence-electron chi connectivity index (χ1n) is 14.7. The molecule has 1 aliphatic heterocycles.